The fourth-order valence-corrected chi connectivity index (χ4v) is 7.29. The van der Waals surface area contributed by atoms with E-state index in [4.69, 9.17) is 0 Å². The number of likely N-dealkylation sites (tertiary alicyclic amines) is 1. The Kier molecular flexibility index (Phi) is 8.77. The minimum Gasteiger partial charge on any atom is -0.341 e. The van der Waals surface area contributed by atoms with Crippen LogP contribution in [-0.2, 0) is 27.8 Å². The van der Waals surface area contributed by atoms with Gasteiger partial charge in [0.25, 0.3) is 0 Å². The lowest BCUT2D eigenvalue weighted by atomic mass is 9.63. The number of amides is 1. The van der Waals surface area contributed by atoms with E-state index in [2.05, 4.69) is 14.8 Å². The lowest BCUT2D eigenvalue weighted by Crippen LogP contribution is -2.54. The molecule has 1 aliphatic carbocycles. The minimum absolute atomic E-state index is 0.0388. The molecule has 1 N–H and O–H groups in total. The van der Waals surface area contributed by atoms with Gasteiger partial charge < -0.3 is 4.90 Å². The van der Waals surface area contributed by atoms with Crippen LogP contribution in [0.4, 0.5) is 4.39 Å². The van der Waals surface area contributed by atoms with E-state index < -0.39 is 16.1 Å². The highest BCUT2D eigenvalue weighted by Gasteiger charge is 2.44. The zero-order chi connectivity index (χ0) is 25.6. The van der Waals surface area contributed by atoms with Gasteiger partial charge in [-0.05, 0) is 67.6 Å². The number of nitrogens with one attached hydrogen (secondary N) is 1. The number of halogens is 1. The monoisotopic (exact) mass is 519 g/mol. The van der Waals surface area contributed by atoms with Gasteiger partial charge in [0.2, 0.25) is 15.9 Å². The second-order valence-electron chi connectivity index (χ2n) is 10.4. The molecule has 8 nitrogen and oxygen atoms in total. The zero-order valence-corrected chi connectivity index (χ0v) is 21.9. The van der Waals surface area contributed by atoms with Crippen LogP contribution in [0.25, 0.3) is 0 Å². The average molecular weight is 520 g/mol. The molecule has 10 heteroatoms. The number of carbonyl (C=O) groups is 1. The van der Waals surface area contributed by atoms with Crippen LogP contribution in [0.1, 0.15) is 63.9 Å². The van der Waals surface area contributed by atoms with Gasteiger partial charge in [-0.1, -0.05) is 38.3 Å². The Morgan fingerprint density at radius 1 is 1.17 bits per heavy atom. The van der Waals surface area contributed by atoms with Gasteiger partial charge in [0.1, 0.15) is 24.5 Å². The number of rotatable bonds is 10. The van der Waals surface area contributed by atoms with E-state index in [1.807, 2.05) is 9.58 Å². The maximum atomic E-state index is 13.7. The summed E-state index contributed by atoms with van der Waals surface area (Å²) in [7, 11) is -3.61. The number of carbonyl (C=O) groups excluding carboxylic acids is 1. The second-order valence-corrected chi connectivity index (χ2v) is 12.3. The molecule has 2 aromatic rings. The lowest BCUT2D eigenvalue weighted by Gasteiger charge is -2.48. The third-order valence-corrected chi connectivity index (χ3v) is 9.52. The molecule has 2 aliphatic rings. The van der Waals surface area contributed by atoms with Gasteiger partial charge in [-0.2, -0.15) is 5.10 Å². The fourth-order valence-electron chi connectivity index (χ4n) is 6.02. The van der Waals surface area contributed by atoms with Crippen molar-refractivity contribution in [2.24, 2.45) is 11.3 Å². The smallest absolute Gasteiger partial charge is 0.241 e. The Labute approximate surface area is 213 Å². The summed E-state index contributed by atoms with van der Waals surface area (Å²) in [5.41, 5.74) is 0.771. The molecule has 1 aliphatic heterocycles. The number of hydrogen-bond donors (Lipinski definition) is 1. The van der Waals surface area contributed by atoms with Crippen LogP contribution >= 0.6 is 0 Å². The number of aromatic nitrogens is 3. The summed E-state index contributed by atoms with van der Waals surface area (Å²) >= 11 is 0. The summed E-state index contributed by atoms with van der Waals surface area (Å²) in [6.07, 6.45) is 11.9. The van der Waals surface area contributed by atoms with Crippen molar-refractivity contribution >= 4 is 15.9 Å². The third-order valence-electron chi connectivity index (χ3n) is 7.93. The largest absolute Gasteiger partial charge is 0.341 e. The Morgan fingerprint density at radius 3 is 2.47 bits per heavy atom. The number of piperidine rings is 1. The average Bonchev–Trinajstić information content (AvgIpc) is 3.38. The van der Waals surface area contributed by atoms with E-state index in [0.29, 0.717) is 31.0 Å². The van der Waals surface area contributed by atoms with Gasteiger partial charge in [0.05, 0.1) is 5.75 Å². The molecule has 1 saturated carbocycles. The first kappa shape index (κ1) is 26.7. The Hall–Kier alpha value is -2.33. The topological polar surface area (TPSA) is 97.2 Å². The molecule has 1 aromatic carbocycles. The molecule has 1 amide bonds. The first-order chi connectivity index (χ1) is 17.3. The molecule has 1 saturated heterocycles. The number of nitrogens with zero attached hydrogens (tertiary/aromatic N) is 4. The van der Waals surface area contributed by atoms with Crippen molar-refractivity contribution in [3.8, 4) is 0 Å². The summed E-state index contributed by atoms with van der Waals surface area (Å²) in [4.78, 5) is 19.6. The SMILES string of the molecule is CCCS(=O)(=O)N[C@H](Cc1ccc(F)cc1)C(=O)N1CCC(Cn2cncn2)(C2CCCCC2)CC1. The zero-order valence-electron chi connectivity index (χ0n) is 21.1. The summed E-state index contributed by atoms with van der Waals surface area (Å²) in [6, 6.07) is 4.96. The first-order valence-corrected chi connectivity index (χ1v) is 14.8. The van der Waals surface area contributed by atoms with Gasteiger partial charge in [-0.3, -0.25) is 9.48 Å². The van der Waals surface area contributed by atoms with Gasteiger partial charge in [-0.25, -0.2) is 22.5 Å². The van der Waals surface area contributed by atoms with E-state index in [-0.39, 0.29) is 29.3 Å². The Bertz CT molecular complexity index is 1080. The predicted molar refractivity (Wildman–Crippen MR) is 136 cm³/mol. The van der Waals surface area contributed by atoms with Crippen molar-refractivity contribution in [2.75, 3.05) is 18.8 Å². The summed E-state index contributed by atoms with van der Waals surface area (Å²) < 4.78 is 43.2. The molecular weight excluding hydrogens is 481 g/mol. The third kappa shape index (κ3) is 6.70. The fraction of sp³-hybridized carbons (Fsp3) is 0.654. The maximum Gasteiger partial charge on any atom is 0.241 e. The number of benzene rings is 1. The number of sulfonamides is 1. The predicted octanol–water partition coefficient (Wildman–Crippen LogP) is 3.55. The molecular formula is C26H38FN5O3S. The van der Waals surface area contributed by atoms with Crippen LogP contribution in [0.15, 0.2) is 36.9 Å². The molecule has 2 fully saturated rings. The molecule has 0 radical (unpaired) electrons. The highest BCUT2D eigenvalue weighted by molar-refractivity contribution is 7.89. The Balaban J connectivity index is 1.50. The first-order valence-electron chi connectivity index (χ1n) is 13.2. The highest BCUT2D eigenvalue weighted by atomic mass is 32.2. The quantitative estimate of drug-likeness (QED) is 0.518. The lowest BCUT2D eigenvalue weighted by molar-refractivity contribution is -0.136. The van der Waals surface area contributed by atoms with E-state index in [0.717, 1.165) is 19.4 Å². The molecule has 0 unspecified atom stereocenters. The molecule has 36 heavy (non-hydrogen) atoms. The van der Waals surface area contributed by atoms with Crippen molar-refractivity contribution in [3.63, 3.8) is 0 Å². The van der Waals surface area contributed by atoms with Gasteiger partial charge in [-0.15, -0.1) is 0 Å². The van der Waals surface area contributed by atoms with Crippen molar-refractivity contribution in [2.45, 2.75) is 77.3 Å². The van der Waals surface area contributed by atoms with E-state index >= 15 is 0 Å². The summed E-state index contributed by atoms with van der Waals surface area (Å²) in [5, 5.41) is 4.36. The summed E-state index contributed by atoms with van der Waals surface area (Å²) in [6.45, 7) is 3.75. The van der Waals surface area contributed by atoms with E-state index in [1.54, 1.807) is 31.7 Å². The normalized spacial score (nSPS) is 19.8. The molecule has 0 bridgehead atoms. The van der Waals surface area contributed by atoms with Gasteiger partial charge in [0.15, 0.2) is 0 Å². The van der Waals surface area contributed by atoms with Crippen LogP contribution in [0, 0.1) is 17.2 Å². The van der Waals surface area contributed by atoms with E-state index in [1.165, 1.54) is 44.2 Å². The molecule has 0 spiro atoms. The van der Waals surface area contributed by atoms with E-state index in [9.17, 15) is 17.6 Å². The van der Waals surface area contributed by atoms with Crippen LogP contribution in [0.2, 0.25) is 0 Å². The minimum atomic E-state index is -3.61. The molecule has 2 heterocycles. The standard InChI is InChI=1S/C26H38FN5O3S/c1-2-16-36(34,35)30-24(17-21-8-10-23(27)11-9-21)25(33)31-14-12-26(13-15-31,18-32-20-28-19-29-32)22-6-4-3-5-7-22/h8-11,19-20,22,24,30H,2-7,12-18H2,1H3/t24-/m1/s1. The second kappa shape index (κ2) is 11.8. The molecule has 1 aromatic heterocycles. The van der Waals surface area contributed by atoms with Crippen molar-refractivity contribution < 1.29 is 17.6 Å². The van der Waals surface area contributed by atoms with Gasteiger partial charge in [0, 0.05) is 19.6 Å². The Morgan fingerprint density at radius 2 is 1.86 bits per heavy atom. The highest BCUT2D eigenvalue weighted by Crippen LogP contribution is 2.47. The van der Waals surface area contributed by atoms with Crippen LogP contribution in [0.3, 0.4) is 0 Å². The van der Waals surface area contributed by atoms with Crippen molar-refractivity contribution in [1.82, 2.24) is 24.4 Å². The molecule has 4 rings (SSSR count). The van der Waals surface area contributed by atoms with Crippen molar-refractivity contribution in [1.29, 1.82) is 0 Å². The van der Waals surface area contributed by atoms with Crippen molar-refractivity contribution in [3.05, 3.63) is 48.3 Å². The molecule has 1 atom stereocenters. The summed E-state index contributed by atoms with van der Waals surface area (Å²) in [5.74, 6) is -0.0264. The van der Waals surface area contributed by atoms with Crippen LogP contribution < -0.4 is 4.72 Å². The van der Waals surface area contributed by atoms with Crippen LogP contribution in [0.5, 0.6) is 0 Å². The van der Waals surface area contributed by atoms with Gasteiger partial charge >= 0.3 is 0 Å². The number of hydrogen-bond acceptors (Lipinski definition) is 5. The van der Waals surface area contributed by atoms with Crippen LogP contribution in [-0.4, -0.2) is 58.9 Å². The molecule has 198 valence electrons. The maximum absolute atomic E-state index is 13.7.